The minimum Gasteiger partial charge on any atom is -0.497 e. The molecule has 0 aromatic heterocycles. The molecule has 0 atom stereocenters. The van der Waals surface area contributed by atoms with E-state index in [0.717, 1.165) is 16.3 Å². The van der Waals surface area contributed by atoms with Crippen LogP contribution in [0.4, 0.5) is 5.69 Å². The summed E-state index contributed by atoms with van der Waals surface area (Å²) in [6.45, 7) is 4.30. The summed E-state index contributed by atoms with van der Waals surface area (Å²) in [5.41, 5.74) is 2.11. The molecule has 1 N–H and O–H groups in total. The molecule has 0 bridgehead atoms. The van der Waals surface area contributed by atoms with Gasteiger partial charge in [0.15, 0.2) is 0 Å². The predicted octanol–water partition coefficient (Wildman–Crippen LogP) is 4.55. The van der Waals surface area contributed by atoms with Crippen molar-refractivity contribution in [1.29, 1.82) is 0 Å². The number of benzene rings is 2. The summed E-state index contributed by atoms with van der Waals surface area (Å²) in [7, 11) is 1.64. The fraction of sp³-hybridized carbons (Fsp3) is 0.278. The zero-order chi connectivity index (χ0) is 15.9. The average molecular weight is 315 g/mol. The van der Waals surface area contributed by atoms with E-state index in [1.54, 1.807) is 7.11 Å². The molecule has 0 aliphatic carbocycles. The summed E-state index contributed by atoms with van der Waals surface area (Å²) in [4.78, 5) is 13.0. The Morgan fingerprint density at radius 1 is 1.09 bits per heavy atom. The quantitative estimate of drug-likeness (QED) is 0.795. The van der Waals surface area contributed by atoms with Gasteiger partial charge in [0.25, 0.3) is 0 Å². The van der Waals surface area contributed by atoms with Gasteiger partial charge in [0.1, 0.15) is 5.75 Å². The second-order valence-corrected chi connectivity index (χ2v) is 6.34. The SMILES string of the molecule is COc1ccc(SCC(=O)Nc2ccc(C(C)C)cc2)cc1. The summed E-state index contributed by atoms with van der Waals surface area (Å²) in [5.74, 6) is 1.70. The Morgan fingerprint density at radius 3 is 2.27 bits per heavy atom. The maximum atomic E-state index is 12.0. The molecule has 0 saturated heterocycles. The number of ether oxygens (including phenoxy) is 1. The Morgan fingerprint density at radius 2 is 1.73 bits per heavy atom. The van der Waals surface area contributed by atoms with Crippen molar-refractivity contribution in [2.45, 2.75) is 24.7 Å². The van der Waals surface area contributed by atoms with Crippen LogP contribution in [0.5, 0.6) is 5.75 Å². The van der Waals surface area contributed by atoms with E-state index in [4.69, 9.17) is 4.74 Å². The number of rotatable bonds is 6. The lowest BCUT2D eigenvalue weighted by Crippen LogP contribution is -2.13. The highest BCUT2D eigenvalue weighted by Gasteiger charge is 2.05. The number of methoxy groups -OCH3 is 1. The van der Waals surface area contributed by atoms with Gasteiger partial charge in [-0.1, -0.05) is 26.0 Å². The average Bonchev–Trinajstić information content (AvgIpc) is 2.54. The highest BCUT2D eigenvalue weighted by atomic mass is 32.2. The van der Waals surface area contributed by atoms with E-state index >= 15 is 0 Å². The first-order chi connectivity index (χ1) is 10.6. The van der Waals surface area contributed by atoms with Crippen molar-refractivity contribution in [1.82, 2.24) is 0 Å². The summed E-state index contributed by atoms with van der Waals surface area (Å²) in [6, 6.07) is 15.7. The number of carbonyl (C=O) groups excluding carboxylic acids is 1. The summed E-state index contributed by atoms with van der Waals surface area (Å²) in [5, 5.41) is 2.92. The molecule has 0 spiro atoms. The van der Waals surface area contributed by atoms with E-state index in [2.05, 4.69) is 31.3 Å². The minimum absolute atomic E-state index is 0.00175. The van der Waals surface area contributed by atoms with E-state index in [1.165, 1.54) is 17.3 Å². The predicted molar refractivity (Wildman–Crippen MR) is 92.9 cm³/mol. The second-order valence-electron chi connectivity index (χ2n) is 5.29. The van der Waals surface area contributed by atoms with Gasteiger partial charge in [-0.25, -0.2) is 0 Å². The molecule has 116 valence electrons. The molecule has 0 radical (unpaired) electrons. The monoisotopic (exact) mass is 315 g/mol. The number of anilines is 1. The first-order valence-electron chi connectivity index (χ1n) is 7.25. The second kappa shape index (κ2) is 7.90. The van der Waals surface area contributed by atoms with E-state index in [0.29, 0.717) is 11.7 Å². The Kier molecular flexibility index (Phi) is 5.90. The number of carbonyl (C=O) groups is 1. The van der Waals surface area contributed by atoms with Crippen molar-refractivity contribution in [2.24, 2.45) is 0 Å². The standard InChI is InChI=1S/C18H21NO2S/c1-13(2)14-4-6-15(7-5-14)19-18(20)12-22-17-10-8-16(21-3)9-11-17/h4-11,13H,12H2,1-3H3,(H,19,20). The third-order valence-electron chi connectivity index (χ3n) is 3.29. The summed E-state index contributed by atoms with van der Waals surface area (Å²) in [6.07, 6.45) is 0. The van der Waals surface area contributed by atoms with Gasteiger partial charge in [-0.05, 0) is 47.9 Å². The number of hydrogen-bond donors (Lipinski definition) is 1. The fourth-order valence-electron chi connectivity index (χ4n) is 1.97. The number of nitrogens with one attached hydrogen (secondary N) is 1. The fourth-order valence-corrected chi connectivity index (χ4v) is 2.67. The molecule has 1 amide bonds. The van der Waals surface area contributed by atoms with Gasteiger partial charge < -0.3 is 10.1 Å². The van der Waals surface area contributed by atoms with Crippen LogP contribution in [0.15, 0.2) is 53.4 Å². The molecule has 2 aromatic carbocycles. The number of thioether (sulfide) groups is 1. The van der Waals surface area contributed by atoms with E-state index < -0.39 is 0 Å². The smallest absolute Gasteiger partial charge is 0.234 e. The van der Waals surface area contributed by atoms with Gasteiger partial charge in [0.05, 0.1) is 12.9 Å². The molecule has 2 rings (SSSR count). The Labute approximate surface area is 136 Å². The molecule has 2 aromatic rings. The number of hydrogen-bond acceptors (Lipinski definition) is 3. The Hall–Kier alpha value is -1.94. The van der Waals surface area contributed by atoms with Crippen molar-refractivity contribution in [3.05, 3.63) is 54.1 Å². The molecule has 0 saturated carbocycles. The maximum Gasteiger partial charge on any atom is 0.234 e. The first-order valence-corrected chi connectivity index (χ1v) is 8.23. The van der Waals surface area contributed by atoms with Crippen LogP contribution in [-0.4, -0.2) is 18.8 Å². The zero-order valence-electron chi connectivity index (χ0n) is 13.1. The van der Waals surface area contributed by atoms with E-state index in [-0.39, 0.29) is 5.91 Å². The van der Waals surface area contributed by atoms with Crippen molar-refractivity contribution in [3.63, 3.8) is 0 Å². The van der Waals surface area contributed by atoms with Crippen LogP contribution in [0.3, 0.4) is 0 Å². The molecule has 0 fully saturated rings. The molecule has 3 nitrogen and oxygen atoms in total. The van der Waals surface area contributed by atoms with Crippen LogP contribution in [0.25, 0.3) is 0 Å². The van der Waals surface area contributed by atoms with Crippen LogP contribution >= 0.6 is 11.8 Å². The maximum absolute atomic E-state index is 12.0. The van der Waals surface area contributed by atoms with Crippen molar-refractivity contribution >= 4 is 23.4 Å². The molecule has 0 aliphatic rings. The molecule has 0 aliphatic heterocycles. The van der Waals surface area contributed by atoms with Gasteiger partial charge in [0, 0.05) is 10.6 Å². The zero-order valence-corrected chi connectivity index (χ0v) is 13.9. The van der Waals surface area contributed by atoms with Crippen LogP contribution < -0.4 is 10.1 Å². The van der Waals surface area contributed by atoms with Gasteiger partial charge >= 0.3 is 0 Å². The van der Waals surface area contributed by atoms with Gasteiger partial charge in [-0.2, -0.15) is 0 Å². The Balaban J connectivity index is 1.84. The van der Waals surface area contributed by atoms with Crippen LogP contribution in [0.2, 0.25) is 0 Å². The third kappa shape index (κ3) is 4.81. The van der Waals surface area contributed by atoms with Crippen LogP contribution in [-0.2, 0) is 4.79 Å². The Bertz CT molecular complexity index is 606. The van der Waals surface area contributed by atoms with E-state index in [9.17, 15) is 4.79 Å². The van der Waals surface area contributed by atoms with Crippen molar-refractivity contribution in [3.8, 4) is 5.75 Å². The van der Waals surface area contributed by atoms with E-state index in [1.807, 2.05) is 36.4 Å². The van der Waals surface area contributed by atoms with Gasteiger partial charge in [-0.15, -0.1) is 11.8 Å². The largest absolute Gasteiger partial charge is 0.497 e. The third-order valence-corrected chi connectivity index (χ3v) is 4.30. The molecular weight excluding hydrogens is 294 g/mol. The molecule has 0 heterocycles. The van der Waals surface area contributed by atoms with Crippen LogP contribution in [0.1, 0.15) is 25.3 Å². The highest BCUT2D eigenvalue weighted by Crippen LogP contribution is 2.22. The molecular formula is C18H21NO2S. The van der Waals surface area contributed by atoms with Gasteiger partial charge in [-0.3, -0.25) is 4.79 Å². The lowest BCUT2D eigenvalue weighted by atomic mass is 10.0. The lowest BCUT2D eigenvalue weighted by Gasteiger charge is -2.08. The highest BCUT2D eigenvalue weighted by molar-refractivity contribution is 8.00. The lowest BCUT2D eigenvalue weighted by molar-refractivity contribution is -0.113. The molecule has 0 unspecified atom stereocenters. The van der Waals surface area contributed by atoms with Crippen molar-refractivity contribution < 1.29 is 9.53 Å². The molecule has 22 heavy (non-hydrogen) atoms. The van der Waals surface area contributed by atoms with Gasteiger partial charge in [0.2, 0.25) is 5.91 Å². The number of amides is 1. The van der Waals surface area contributed by atoms with Crippen molar-refractivity contribution in [2.75, 3.05) is 18.2 Å². The first kappa shape index (κ1) is 16.4. The summed E-state index contributed by atoms with van der Waals surface area (Å²) >= 11 is 1.51. The topological polar surface area (TPSA) is 38.3 Å². The minimum atomic E-state index is -0.00175. The summed E-state index contributed by atoms with van der Waals surface area (Å²) < 4.78 is 5.11. The molecule has 4 heteroatoms. The normalized spacial score (nSPS) is 10.5. The van der Waals surface area contributed by atoms with Crippen LogP contribution in [0, 0.1) is 0 Å².